The van der Waals surface area contributed by atoms with Gasteiger partial charge < -0.3 is 19.7 Å². The lowest BCUT2D eigenvalue weighted by Crippen LogP contribution is -2.60. The van der Waals surface area contributed by atoms with Crippen molar-refractivity contribution in [2.24, 2.45) is 0 Å². The summed E-state index contributed by atoms with van der Waals surface area (Å²) < 4.78 is 27.2. The second-order valence-corrected chi connectivity index (χ2v) is 10.0. The molecule has 4 atom stereocenters. The molecular weight excluding hydrogens is 411 g/mol. The Kier molecular flexibility index (Phi) is 4.00. The molecule has 1 N–H and O–H groups in total. The Balaban J connectivity index is 1.29. The minimum Gasteiger partial charge on any atom is -0.475 e. The first-order chi connectivity index (χ1) is 15.6. The number of halogens is 1. The molecule has 0 amide bonds. The van der Waals surface area contributed by atoms with E-state index in [1.54, 1.807) is 0 Å². The van der Waals surface area contributed by atoms with Gasteiger partial charge in [-0.2, -0.15) is 9.97 Å². The molecule has 0 radical (unpaired) electrons. The number of ether oxygens (including phenoxy) is 2. The zero-order valence-electron chi connectivity index (χ0n) is 18.0. The Morgan fingerprint density at radius 2 is 2.28 bits per heavy atom. The van der Waals surface area contributed by atoms with Gasteiger partial charge in [0.05, 0.1) is 17.8 Å². The molecule has 8 nitrogen and oxygen atoms in total. The van der Waals surface area contributed by atoms with Gasteiger partial charge in [-0.3, -0.25) is 4.90 Å². The Morgan fingerprint density at radius 3 is 3.22 bits per heavy atom. The van der Waals surface area contributed by atoms with Crippen molar-refractivity contribution in [2.75, 3.05) is 37.7 Å². The first-order valence-corrected chi connectivity index (χ1v) is 11.7. The van der Waals surface area contributed by atoms with Gasteiger partial charge in [0, 0.05) is 25.2 Å². The van der Waals surface area contributed by atoms with Crippen LogP contribution in [0.25, 0.3) is 10.9 Å². The summed E-state index contributed by atoms with van der Waals surface area (Å²) >= 11 is 0. The average molecular weight is 439 g/mol. The molecule has 0 aromatic carbocycles. The van der Waals surface area contributed by atoms with Crippen LogP contribution in [0, 0.1) is 5.82 Å². The topological polar surface area (TPSA) is 75.6 Å². The molecule has 0 aliphatic carbocycles. The monoisotopic (exact) mass is 438 g/mol. The first-order valence-electron chi connectivity index (χ1n) is 11.7. The molecule has 2 aromatic rings. The smallest absolute Gasteiger partial charge is 0.319 e. The Hall–Kier alpha value is -2.52. The van der Waals surface area contributed by atoms with E-state index in [4.69, 9.17) is 14.5 Å². The highest BCUT2D eigenvalue weighted by Crippen LogP contribution is 2.43. The lowest BCUT2D eigenvalue weighted by Gasteiger charge is -2.40. The van der Waals surface area contributed by atoms with Crippen LogP contribution in [-0.2, 0) is 0 Å². The van der Waals surface area contributed by atoms with Gasteiger partial charge in [0.25, 0.3) is 0 Å². The highest BCUT2D eigenvalue weighted by molar-refractivity contribution is 5.95. The van der Waals surface area contributed by atoms with E-state index in [0.717, 1.165) is 51.7 Å². The minimum atomic E-state index is -0.479. The van der Waals surface area contributed by atoms with E-state index < -0.39 is 5.82 Å². The number of rotatable bonds is 3. The number of pyridine rings is 1. The number of anilines is 1. The fourth-order valence-electron chi connectivity index (χ4n) is 6.57. The van der Waals surface area contributed by atoms with E-state index in [0.29, 0.717) is 42.4 Å². The molecule has 0 saturated carbocycles. The second-order valence-electron chi connectivity index (χ2n) is 10.0. The lowest BCUT2D eigenvalue weighted by molar-refractivity contribution is 0.108. The third-order valence-corrected chi connectivity index (χ3v) is 8.03. The van der Waals surface area contributed by atoms with Crippen LogP contribution >= 0.6 is 0 Å². The van der Waals surface area contributed by atoms with Crippen molar-refractivity contribution >= 4 is 16.7 Å². The van der Waals surface area contributed by atoms with Crippen molar-refractivity contribution < 1.29 is 13.9 Å². The number of hydrogen-bond donors (Lipinski definition) is 1. The molecule has 2 bridgehead atoms. The number of nitrogens with one attached hydrogen (secondary N) is 1. The molecule has 5 aliphatic rings. The van der Waals surface area contributed by atoms with Crippen LogP contribution in [0.3, 0.4) is 0 Å². The minimum absolute atomic E-state index is 0.0364. The SMILES string of the molecule is C=C1CN2CCCC2(COc2nc3c4c(ncc(F)c4n2)OCC2C4CCC(CN32)N4)C1. The highest BCUT2D eigenvalue weighted by Gasteiger charge is 2.47. The number of hydrogen-bond acceptors (Lipinski definition) is 8. The van der Waals surface area contributed by atoms with Crippen LogP contribution in [0.15, 0.2) is 18.3 Å². The quantitative estimate of drug-likeness (QED) is 0.730. The van der Waals surface area contributed by atoms with E-state index in [1.807, 2.05) is 0 Å². The maximum Gasteiger partial charge on any atom is 0.319 e. The molecule has 4 saturated heterocycles. The maximum absolute atomic E-state index is 14.9. The molecule has 9 heteroatoms. The zero-order chi connectivity index (χ0) is 21.4. The summed E-state index contributed by atoms with van der Waals surface area (Å²) in [5.41, 5.74) is 1.43. The summed E-state index contributed by atoms with van der Waals surface area (Å²) in [5, 5.41) is 4.24. The van der Waals surface area contributed by atoms with E-state index in [2.05, 4.69) is 31.7 Å². The Morgan fingerprint density at radius 1 is 1.34 bits per heavy atom. The molecule has 2 aromatic heterocycles. The largest absolute Gasteiger partial charge is 0.475 e. The van der Waals surface area contributed by atoms with Gasteiger partial charge in [0.1, 0.15) is 29.9 Å². The van der Waals surface area contributed by atoms with Crippen LogP contribution in [-0.4, -0.2) is 76.4 Å². The number of aromatic nitrogens is 3. The molecule has 0 spiro atoms. The van der Waals surface area contributed by atoms with E-state index in [1.165, 1.54) is 11.8 Å². The second kappa shape index (κ2) is 6.74. The van der Waals surface area contributed by atoms with E-state index in [-0.39, 0.29) is 23.1 Å². The number of fused-ring (bicyclic) bond motifs is 6. The highest BCUT2D eigenvalue weighted by atomic mass is 19.1. The summed E-state index contributed by atoms with van der Waals surface area (Å²) in [6.07, 6.45) is 6.59. The van der Waals surface area contributed by atoms with Crippen molar-refractivity contribution in [3.63, 3.8) is 0 Å². The molecule has 4 unspecified atom stereocenters. The molecular formula is C23H27FN6O2. The third kappa shape index (κ3) is 2.70. The first kappa shape index (κ1) is 19.0. The summed E-state index contributed by atoms with van der Waals surface area (Å²) in [7, 11) is 0. The average Bonchev–Trinajstić information content (AvgIpc) is 3.41. The molecule has 168 valence electrons. The van der Waals surface area contributed by atoms with Gasteiger partial charge in [0.2, 0.25) is 5.88 Å². The fraction of sp³-hybridized carbons (Fsp3) is 0.609. The van der Waals surface area contributed by atoms with Gasteiger partial charge >= 0.3 is 6.01 Å². The van der Waals surface area contributed by atoms with Gasteiger partial charge in [-0.1, -0.05) is 12.2 Å². The normalized spacial score (nSPS) is 33.2. The van der Waals surface area contributed by atoms with Crippen LogP contribution in [0.4, 0.5) is 10.2 Å². The predicted octanol–water partition coefficient (Wildman–Crippen LogP) is 2.04. The molecule has 32 heavy (non-hydrogen) atoms. The third-order valence-electron chi connectivity index (χ3n) is 8.03. The predicted molar refractivity (Wildman–Crippen MR) is 117 cm³/mol. The van der Waals surface area contributed by atoms with Gasteiger partial charge in [-0.05, 0) is 38.6 Å². The molecule has 4 fully saturated rings. The standard InChI is InChI=1S/C23H27FN6O2/c1-13-7-23(5-2-6-29(23)9-13)12-32-22-27-19-15(24)8-25-21-18(19)20(28-22)30-10-14-3-4-16(26-14)17(30)11-31-21/h8,14,16-17,26H,1-7,9-12H2. The zero-order valence-corrected chi connectivity index (χ0v) is 18.0. The summed E-state index contributed by atoms with van der Waals surface area (Å²) in [4.78, 5) is 18.3. The molecule has 7 rings (SSSR count). The van der Waals surface area contributed by atoms with Crippen LogP contribution in [0.2, 0.25) is 0 Å². The van der Waals surface area contributed by atoms with Crippen molar-refractivity contribution in [3.05, 3.63) is 24.2 Å². The van der Waals surface area contributed by atoms with Crippen molar-refractivity contribution in [2.45, 2.75) is 55.8 Å². The van der Waals surface area contributed by atoms with Gasteiger partial charge in [-0.25, -0.2) is 9.37 Å². The molecule has 5 aliphatic heterocycles. The Labute approximate surface area is 185 Å². The fourth-order valence-corrected chi connectivity index (χ4v) is 6.57. The van der Waals surface area contributed by atoms with Gasteiger partial charge in [-0.15, -0.1) is 0 Å². The Bertz CT molecular complexity index is 1130. The maximum atomic E-state index is 14.9. The van der Waals surface area contributed by atoms with Crippen molar-refractivity contribution in [1.29, 1.82) is 0 Å². The summed E-state index contributed by atoms with van der Waals surface area (Å²) in [6.45, 7) is 7.99. The summed E-state index contributed by atoms with van der Waals surface area (Å²) in [5.74, 6) is 0.609. The number of nitrogens with zero attached hydrogens (tertiary/aromatic N) is 5. The molecule has 7 heterocycles. The van der Waals surface area contributed by atoms with E-state index >= 15 is 0 Å². The lowest BCUT2D eigenvalue weighted by atomic mass is 9.94. The van der Waals surface area contributed by atoms with Crippen LogP contribution < -0.4 is 19.7 Å². The van der Waals surface area contributed by atoms with Crippen LogP contribution in [0.1, 0.15) is 32.1 Å². The van der Waals surface area contributed by atoms with Crippen molar-refractivity contribution in [3.8, 4) is 11.9 Å². The summed E-state index contributed by atoms with van der Waals surface area (Å²) in [6, 6.07) is 1.09. The van der Waals surface area contributed by atoms with Crippen molar-refractivity contribution in [1.82, 2.24) is 25.2 Å². The number of piperazine rings is 1. The van der Waals surface area contributed by atoms with Gasteiger partial charge in [0.15, 0.2) is 5.82 Å². The van der Waals surface area contributed by atoms with Crippen LogP contribution in [0.5, 0.6) is 11.9 Å². The van der Waals surface area contributed by atoms with E-state index in [9.17, 15) is 4.39 Å².